The van der Waals surface area contributed by atoms with Gasteiger partial charge >= 0.3 is 0 Å². The van der Waals surface area contributed by atoms with Gasteiger partial charge in [0.15, 0.2) is 44.0 Å². The standard InChI is InChI=1S/C42H70O35/c43-1-8-29-15(50)22(57)36(64-8)72-30-9(2-44)66-38(24(59)17(30)52)74-32-11(4-46)68-40(26(61)19(32)54)76-34-13(6-48)70-42(28(63)21(34)56)77-35-14(7-49)69-41(27(62)20(35)55)75-33-12(5-47)67-39(25(60)18(33)53)73-31-10(3-45)65-37(71-29)23(58)16(31)51/h8-63H,1-7H2/t8-,9-,10-,11-,12-,13-,14-,15-,16-,17-,18-,19-,20-,21-,22-,23-,24-,25-,26-,27-,28?,29-,30-,31-,32-,33-,34-,35-,36?,37?,38?,39?,40?,41?,42?/m1/s1. The first-order valence-corrected chi connectivity index (χ1v) is 24.6. The molecule has 14 bridgehead atoms. The molecule has 21 aliphatic heterocycles. The predicted molar refractivity (Wildman–Crippen MR) is 228 cm³/mol. The molecule has 77 heavy (non-hydrogen) atoms. The van der Waals surface area contributed by atoms with E-state index >= 15 is 0 Å². The van der Waals surface area contributed by atoms with Crippen molar-refractivity contribution in [1.82, 2.24) is 0 Å². The molecule has 0 aromatic rings. The van der Waals surface area contributed by atoms with E-state index in [1.165, 1.54) is 0 Å². The van der Waals surface area contributed by atoms with Crippen LogP contribution in [0.15, 0.2) is 0 Å². The lowest BCUT2D eigenvalue weighted by Crippen LogP contribution is -2.68. The van der Waals surface area contributed by atoms with E-state index in [2.05, 4.69) is 0 Å². The lowest BCUT2D eigenvalue weighted by atomic mass is 9.95. The van der Waals surface area contributed by atoms with Crippen molar-refractivity contribution >= 4 is 0 Å². The summed E-state index contributed by atoms with van der Waals surface area (Å²) in [5.74, 6) is 0. The van der Waals surface area contributed by atoms with Gasteiger partial charge in [0.25, 0.3) is 0 Å². The predicted octanol–water partition coefficient (Wildman–Crippen LogP) is -15.2. The number of aliphatic hydroxyl groups excluding tert-OH is 21. The lowest BCUT2D eigenvalue weighted by Gasteiger charge is -2.50. The first kappa shape index (κ1) is 61.7. The Morgan fingerprint density at radius 2 is 0.260 bits per heavy atom. The Bertz CT molecular complexity index is 1470. The number of aliphatic hydroxyl groups is 21. The van der Waals surface area contributed by atoms with E-state index in [1.807, 2.05) is 0 Å². The van der Waals surface area contributed by atoms with Crippen LogP contribution in [0.25, 0.3) is 0 Å². The van der Waals surface area contributed by atoms with Gasteiger partial charge in [0.1, 0.15) is 171 Å². The molecule has 35 heteroatoms. The molecule has 448 valence electrons. The van der Waals surface area contributed by atoms with Crippen molar-refractivity contribution < 1.29 is 174 Å². The average molecular weight is 1130 g/mol. The van der Waals surface area contributed by atoms with Gasteiger partial charge in [0.2, 0.25) is 0 Å². The van der Waals surface area contributed by atoms with Crippen LogP contribution >= 0.6 is 0 Å². The van der Waals surface area contributed by atoms with Gasteiger partial charge in [0.05, 0.1) is 46.2 Å². The third-order valence-corrected chi connectivity index (χ3v) is 14.8. The van der Waals surface area contributed by atoms with Crippen LogP contribution in [0.3, 0.4) is 0 Å². The lowest BCUT2D eigenvalue weighted by molar-refractivity contribution is -0.396. The third-order valence-electron chi connectivity index (χ3n) is 14.8. The van der Waals surface area contributed by atoms with Crippen molar-refractivity contribution in [3.63, 3.8) is 0 Å². The zero-order valence-electron chi connectivity index (χ0n) is 40.3. The molecule has 35 atom stereocenters. The fourth-order valence-electron chi connectivity index (χ4n) is 10.4. The van der Waals surface area contributed by atoms with Crippen LogP contribution in [0.2, 0.25) is 0 Å². The number of hydrogen-bond acceptors (Lipinski definition) is 35. The highest BCUT2D eigenvalue weighted by molar-refractivity contribution is 5.01. The van der Waals surface area contributed by atoms with Crippen LogP contribution in [0.4, 0.5) is 0 Å². The van der Waals surface area contributed by atoms with Gasteiger partial charge in [-0.2, -0.15) is 0 Å². The van der Waals surface area contributed by atoms with Crippen molar-refractivity contribution in [1.29, 1.82) is 0 Å². The fourth-order valence-corrected chi connectivity index (χ4v) is 10.4. The van der Waals surface area contributed by atoms with E-state index in [0.717, 1.165) is 0 Å². The summed E-state index contributed by atoms with van der Waals surface area (Å²) in [6.45, 7) is -7.33. The Labute approximate surface area is 434 Å². The Balaban J connectivity index is 1.08. The molecule has 0 radical (unpaired) electrons. The maximum absolute atomic E-state index is 11.3. The van der Waals surface area contributed by atoms with Crippen LogP contribution in [0.1, 0.15) is 0 Å². The summed E-state index contributed by atoms with van der Waals surface area (Å²) in [7, 11) is 0. The molecule has 21 N–H and O–H groups in total. The number of ether oxygens (including phenoxy) is 14. The SMILES string of the molecule is OC[C@H]1OC2O[C@H]3[C@H](O)[C@@H](O)C(O[C@H]4[C@H](O)[C@@H](O)C(O[C@H]5[C@H](O)[C@@H](O)C(O[C@H]6[C@H](O)[C@@H](O)C(O[C@H]7[C@H](O)[C@@H](O)C(O[C@H]8[C@H](O)C(O)C(O[C@H]1[C@H](O)[C@H]2O)O[C@@H]8CO)O[C@@H]7CO)O[C@@H]6CO)O[C@@H]5CO)O[C@@H]4CO)O[C@@H]3CO. The summed E-state index contributed by atoms with van der Waals surface area (Å²) in [5.41, 5.74) is 0. The minimum atomic E-state index is -2.21. The Kier molecular flexibility index (Phi) is 20.8. The molecule has 21 heterocycles. The Hall–Kier alpha value is -1.40. The van der Waals surface area contributed by atoms with Crippen LogP contribution < -0.4 is 0 Å². The van der Waals surface area contributed by atoms with Gasteiger partial charge < -0.3 is 174 Å². The Morgan fingerprint density at radius 1 is 0.156 bits per heavy atom. The molecule has 0 aromatic carbocycles. The molecule has 21 aliphatic rings. The molecule has 21 rings (SSSR count). The maximum Gasteiger partial charge on any atom is 0.187 e. The zero-order valence-corrected chi connectivity index (χ0v) is 40.3. The van der Waals surface area contributed by atoms with Gasteiger partial charge in [0, 0.05) is 0 Å². The highest BCUT2D eigenvalue weighted by Gasteiger charge is 2.59. The molecule has 21 fully saturated rings. The minimum absolute atomic E-state index is 1.05. The molecular weight excluding hydrogens is 1060 g/mol. The second kappa shape index (κ2) is 26.0. The number of rotatable bonds is 7. The molecule has 21 saturated heterocycles. The van der Waals surface area contributed by atoms with Crippen molar-refractivity contribution in [2.45, 2.75) is 215 Å². The average Bonchev–Trinajstić information content (AvgIpc) is 3.45. The zero-order chi connectivity index (χ0) is 56.1. The van der Waals surface area contributed by atoms with Gasteiger partial charge in [-0.1, -0.05) is 0 Å². The molecule has 0 saturated carbocycles. The topological polar surface area (TPSA) is 554 Å². The van der Waals surface area contributed by atoms with E-state index < -0.39 is 261 Å². The third kappa shape index (κ3) is 12.1. The summed E-state index contributed by atoms with van der Waals surface area (Å²) in [6, 6.07) is 0. The van der Waals surface area contributed by atoms with E-state index in [0.29, 0.717) is 0 Å². The molecule has 0 spiro atoms. The summed E-state index contributed by atoms with van der Waals surface area (Å²) < 4.78 is 79.5. The fraction of sp³-hybridized carbons (Fsp3) is 1.00. The highest BCUT2D eigenvalue weighted by Crippen LogP contribution is 2.39. The largest absolute Gasteiger partial charge is 0.394 e. The van der Waals surface area contributed by atoms with Gasteiger partial charge in [-0.05, 0) is 0 Å². The van der Waals surface area contributed by atoms with Gasteiger partial charge in [-0.3, -0.25) is 0 Å². The van der Waals surface area contributed by atoms with Crippen LogP contribution in [0.5, 0.6) is 0 Å². The second-order valence-corrected chi connectivity index (χ2v) is 19.7. The van der Waals surface area contributed by atoms with E-state index in [9.17, 15) is 107 Å². The first-order valence-electron chi connectivity index (χ1n) is 24.6. The van der Waals surface area contributed by atoms with Gasteiger partial charge in [-0.25, -0.2) is 0 Å². The smallest absolute Gasteiger partial charge is 0.187 e. The molecule has 0 aliphatic carbocycles. The normalized spacial score (nSPS) is 55.4. The van der Waals surface area contributed by atoms with E-state index in [1.54, 1.807) is 0 Å². The van der Waals surface area contributed by atoms with Crippen LogP contribution in [0, 0.1) is 0 Å². The monoisotopic (exact) mass is 1130 g/mol. The highest BCUT2D eigenvalue weighted by atomic mass is 16.8. The minimum Gasteiger partial charge on any atom is -0.394 e. The molecule has 8 unspecified atom stereocenters. The van der Waals surface area contributed by atoms with Crippen LogP contribution in [-0.4, -0.2) is 368 Å². The second-order valence-electron chi connectivity index (χ2n) is 19.7. The molecule has 35 nitrogen and oxygen atoms in total. The molecule has 0 aromatic heterocycles. The van der Waals surface area contributed by atoms with Crippen molar-refractivity contribution in [3.8, 4) is 0 Å². The van der Waals surface area contributed by atoms with Crippen molar-refractivity contribution in [3.05, 3.63) is 0 Å². The maximum atomic E-state index is 11.3. The Morgan fingerprint density at radius 3 is 0.351 bits per heavy atom. The summed E-state index contributed by atoms with van der Waals surface area (Å²) in [6.07, 6.45) is -70.2. The molecule has 0 amide bonds. The van der Waals surface area contributed by atoms with E-state index in [-0.39, 0.29) is 0 Å². The quantitative estimate of drug-likeness (QED) is 0.113. The van der Waals surface area contributed by atoms with Crippen LogP contribution in [-0.2, 0) is 66.3 Å². The van der Waals surface area contributed by atoms with Crippen molar-refractivity contribution in [2.75, 3.05) is 46.2 Å². The van der Waals surface area contributed by atoms with Gasteiger partial charge in [-0.15, -0.1) is 0 Å². The summed E-state index contributed by atoms with van der Waals surface area (Å²) in [5, 5.41) is 230. The van der Waals surface area contributed by atoms with Crippen molar-refractivity contribution in [2.24, 2.45) is 0 Å². The van der Waals surface area contributed by atoms with E-state index in [4.69, 9.17) is 66.3 Å². The number of hydrogen-bond donors (Lipinski definition) is 21. The summed E-state index contributed by atoms with van der Waals surface area (Å²) >= 11 is 0. The molecular formula is C42H70O35. The summed E-state index contributed by atoms with van der Waals surface area (Å²) in [4.78, 5) is 0. The first-order chi connectivity index (χ1) is 36.7.